The molecule has 0 aromatic heterocycles. The molecule has 0 aliphatic rings. The molecule has 0 atom stereocenters. The van der Waals surface area contributed by atoms with Crippen LogP contribution in [-0.2, 0) is 5.79 Å². The van der Waals surface area contributed by atoms with Crippen molar-refractivity contribution in [1.29, 1.82) is 0 Å². The lowest BCUT2D eigenvalue weighted by Crippen LogP contribution is -2.35. The minimum Gasteiger partial charge on any atom is -0.504 e. The van der Waals surface area contributed by atoms with Gasteiger partial charge in [-0.05, 0) is 12.1 Å². The van der Waals surface area contributed by atoms with Crippen molar-refractivity contribution in [3.8, 4) is 11.5 Å². The second-order valence-corrected chi connectivity index (χ2v) is 4.04. The third-order valence-electron chi connectivity index (χ3n) is 2.75. The van der Waals surface area contributed by atoms with E-state index in [1.165, 1.54) is 30.3 Å². The van der Waals surface area contributed by atoms with Crippen molar-refractivity contribution in [2.75, 3.05) is 0 Å². The molecule has 2 aromatic carbocycles. The Balaban J connectivity index is 2.47. The highest BCUT2D eigenvalue weighted by atomic mass is 16.5. The van der Waals surface area contributed by atoms with E-state index in [-0.39, 0.29) is 11.1 Å². The quantitative estimate of drug-likeness (QED) is 0.376. The first kappa shape index (κ1) is 13.1. The molecule has 98 valence electrons. The fourth-order valence-electron chi connectivity index (χ4n) is 1.70. The molecule has 2 aromatic rings. The topological polar surface area (TPSA) is 98.0 Å². The van der Waals surface area contributed by atoms with Crippen LogP contribution in [0.1, 0.15) is 15.9 Å². The van der Waals surface area contributed by atoms with Gasteiger partial charge in [-0.25, -0.2) is 0 Å². The third-order valence-corrected chi connectivity index (χ3v) is 2.75. The van der Waals surface area contributed by atoms with Crippen molar-refractivity contribution in [1.82, 2.24) is 0 Å². The molecule has 0 amide bonds. The van der Waals surface area contributed by atoms with Crippen LogP contribution < -0.4 is 0 Å². The van der Waals surface area contributed by atoms with E-state index < -0.39 is 23.1 Å². The smallest absolute Gasteiger partial charge is 0.256 e. The molecule has 0 unspecified atom stereocenters. The van der Waals surface area contributed by atoms with E-state index in [1.807, 2.05) is 0 Å². The molecule has 0 saturated heterocycles. The van der Waals surface area contributed by atoms with E-state index in [4.69, 9.17) is 0 Å². The lowest BCUT2D eigenvalue weighted by Gasteiger charge is -2.21. The minimum absolute atomic E-state index is 0.0252. The number of hydrogen-bond acceptors (Lipinski definition) is 5. The van der Waals surface area contributed by atoms with Crippen molar-refractivity contribution in [2.24, 2.45) is 0 Å². The second kappa shape index (κ2) is 4.72. The second-order valence-electron chi connectivity index (χ2n) is 4.04. The Morgan fingerprint density at radius 2 is 1.53 bits per heavy atom. The number of hydrogen-bond donors (Lipinski definition) is 4. The first-order valence-electron chi connectivity index (χ1n) is 5.50. The van der Waals surface area contributed by atoms with E-state index in [0.29, 0.717) is 0 Å². The lowest BCUT2D eigenvalue weighted by molar-refractivity contribution is -0.128. The maximum absolute atomic E-state index is 12.1. The summed E-state index contributed by atoms with van der Waals surface area (Å²) in [7, 11) is 0. The molecule has 0 spiro atoms. The monoisotopic (exact) mass is 260 g/mol. The van der Waals surface area contributed by atoms with Gasteiger partial charge in [0.25, 0.3) is 5.79 Å². The number of carbonyl (C=O) groups is 1. The van der Waals surface area contributed by atoms with Gasteiger partial charge in [0.05, 0.1) is 5.56 Å². The van der Waals surface area contributed by atoms with E-state index in [2.05, 4.69) is 0 Å². The Labute approximate surface area is 109 Å². The zero-order chi connectivity index (χ0) is 14.0. The van der Waals surface area contributed by atoms with Crippen molar-refractivity contribution >= 4 is 5.78 Å². The van der Waals surface area contributed by atoms with E-state index in [9.17, 15) is 25.2 Å². The highest BCUT2D eigenvalue weighted by Gasteiger charge is 2.37. The summed E-state index contributed by atoms with van der Waals surface area (Å²) in [5.41, 5.74) is -0.392. The molecule has 0 heterocycles. The zero-order valence-corrected chi connectivity index (χ0v) is 9.82. The summed E-state index contributed by atoms with van der Waals surface area (Å²) in [6.07, 6.45) is 0. The number of phenols is 2. The molecule has 5 heteroatoms. The fraction of sp³-hybridized carbons (Fsp3) is 0.0714. The van der Waals surface area contributed by atoms with E-state index in [1.54, 1.807) is 18.2 Å². The number of Topliss-reactive ketones (excluding diaryl/α,β-unsaturated/α-hetero) is 1. The first-order chi connectivity index (χ1) is 8.94. The number of para-hydroxylation sites is 1. The largest absolute Gasteiger partial charge is 0.504 e. The van der Waals surface area contributed by atoms with Gasteiger partial charge in [0.15, 0.2) is 11.5 Å². The SMILES string of the molecule is O=C(c1cccc(O)c1O)C(O)(O)c1ccccc1. The summed E-state index contributed by atoms with van der Waals surface area (Å²) < 4.78 is 0. The van der Waals surface area contributed by atoms with Crippen LogP contribution in [-0.4, -0.2) is 26.2 Å². The Hall–Kier alpha value is -2.37. The Morgan fingerprint density at radius 1 is 0.895 bits per heavy atom. The van der Waals surface area contributed by atoms with Crippen LogP contribution >= 0.6 is 0 Å². The van der Waals surface area contributed by atoms with Gasteiger partial charge < -0.3 is 20.4 Å². The van der Waals surface area contributed by atoms with Crippen LogP contribution in [0.2, 0.25) is 0 Å². The molecule has 2 rings (SSSR count). The molecule has 19 heavy (non-hydrogen) atoms. The summed E-state index contributed by atoms with van der Waals surface area (Å²) in [5, 5.41) is 38.8. The van der Waals surface area contributed by atoms with E-state index >= 15 is 0 Å². The highest BCUT2D eigenvalue weighted by Crippen LogP contribution is 2.32. The number of benzene rings is 2. The minimum atomic E-state index is -2.77. The average molecular weight is 260 g/mol. The number of rotatable bonds is 3. The molecule has 5 nitrogen and oxygen atoms in total. The van der Waals surface area contributed by atoms with Crippen LogP contribution in [0.25, 0.3) is 0 Å². The van der Waals surface area contributed by atoms with E-state index in [0.717, 1.165) is 0 Å². The number of aromatic hydroxyl groups is 2. The van der Waals surface area contributed by atoms with Crippen LogP contribution in [0.4, 0.5) is 0 Å². The van der Waals surface area contributed by atoms with Gasteiger partial charge in [-0.2, -0.15) is 0 Å². The zero-order valence-electron chi connectivity index (χ0n) is 9.82. The summed E-state index contributed by atoms with van der Waals surface area (Å²) in [5.74, 6) is -5.08. The third kappa shape index (κ3) is 2.29. The molecule has 0 saturated carbocycles. The number of aliphatic hydroxyl groups is 2. The molecule has 0 radical (unpaired) electrons. The fourth-order valence-corrected chi connectivity index (χ4v) is 1.70. The predicted molar refractivity (Wildman–Crippen MR) is 66.7 cm³/mol. The molecule has 0 fully saturated rings. The van der Waals surface area contributed by atoms with Crippen molar-refractivity contribution < 1.29 is 25.2 Å². The van der Waals surface area contributed by atoms with Crippen LogP contribution in [0.3, 0.4) is 0 Å². The molecule has 0 aliphatic heterocycles. The summed E-state index contributed by atoms with van der Waals surface area (Å²) in [4.78, 5) is 12.1. The summed E-state index contributed by atoms with van der Waals surface area (Å²) in [6, 6.07) is 11.2. The Morgan fingerprint density at radius 3 is 2.16 bits per heavy atom. The first-order valence-corrected chi connectivity index (χ1v) is 5.50. The van der Waals surface area contributed by atoms with Crippen LogP contribution in [0.5, 0.6) is 11.5 Å². The van der Waals surface area contributed by atoms with Gasteiger partial charge in [-0.15, -0.1) is 0 Å². The molecular formula is C14H12O5. The lowest BCUT2D eigenvalue weighted by atomic mass is 9.95. The standard InChI is InChI=1S/C14H12O5/c15-11-8-4-7-10(12(11)16)13(17)14(18,19)9-5-2-1-3-6-9/h1-8,15-16,18-19H. The Bertz CT molecular complexity index is 604. The maximum atomic E-state index is 12.1. The number of phenolic OH excluding ortho intramolecular Hbond substituents is 2. The Kier molecular flexibility index (Phi) is 3.25. The molecule has 0 bridgehead atoms. The van der Waals surface area contributed by atoms with Gasteiger partial charge in [-0.3, -0.25) is 4.79 Å². The number of ketones is 1. The summed E-state index contributed by atoms with van der Waals surface area (Å²) >= 11 is 0. The normalized spacial score (nSPS) is 11.3. The molecule has 4 N–H and O–H groups in total. The van der Waals surface area contributed by atoms with Crippen molar-refractivity contribution in [3.05, 3.63) is 59.7 Å². The van der Waals surface area contributed by atoms with Gasteiger partial charge >= 0.3 is 0 Å². The molecular weight excluding hydrogens is 248 g/mol. The van der Waals surface area contributed by atoms with Gasteiger partial charge in [-0.1, -0.05) is 36.4 Å². The maximum Gasteiger partial charge on any atom is 0.256 e. The van der Waals surface area contributed by atoms with Crippen LogP contribution in [0, 0.1) is 0 Å². The predicted octanol–water partition coefficient (Wildman–Crippen LogP) is 1.12. The summed E-state index contributed by atoms with van der Waals surface area (Å²) in [6.45, 7) is 0. The average Bonchev–Trinajstić information content (AvgIpc) is 2.42. The van der Waals surface area contributed by atoms with Crippen molar-refractivity contribution in [2.45, 2.75) is 5.79 Å². The van der Waals surface area contributed by atoms with Gasteiger partial charge in [0.1, 0.15) is 0 Å². The highest BCUT2D eigenvalue weighted by molar-refractivity contribution is 6.04. The van der Waals surface area contributed by atoms with Gasteiger partial charge in [0.2, 0.25) is 5.78 Å². The molecule has 0 aliphatic carbocycles. The number of carbonyl (C=O) groups excluding carboxylic acids is 1. The van der Waals surface area contributed by atoms with Crippen LogP contribution in [0.15, 0.2) is 48.5 Å². The van der Waals surface area contributed by atoms with Crippen molar-refractivity contribution in [3.63, 3.8) is 0 Å². The van der Waals surface area contributed by atoms with Gasteiger partial charge in [0, 0.05) is 5.56 Å².